The van der Waals surface area contributed by atoms with Crippen LogP contribution in [0, 0.1) is 0 Å². The van der Waals surface area contributed by atoms with Gasteiger partial charge in [0.1, 0.15) is 0 Å². The predicted molar refractivity (Wildman–Crippen MR) is 70.0 cm³/mol. The number of carbonyl (C=O) groups is 1. The number of urea groups is 1. The predicted octanol–water partition coefficient (Wildman–Crippen LogP) is 0.461. The van der Waals surface area contributed by atoms with Crippen LogP contribution in [0.15, 0.2) is 0 Å². The molecule has 1 heterocycles. The lowest BCUT2D eigenvalue weighted by Gasteiger charge is -2.36. The second kappa shape index (κ2) is 6.21. The Morgan fingerprint density at radius 3 is 2.29 bits per heavy atom. The molecule has 0 aromatic heterocycles. The van der Waals surface area contributed by atoms with Crippen molar-refractivity contribution in [3.05, 3.63) is 0 Å². The van der Waals surface area contributed by atoms with Crippen LogP contribution in [0.2, 0.25) is 0 Å². The zero-order valence-corrected chi connectivity index (χ0v) is 11.3. The molecule has 3 N–H and O–H groups in total. The molecule has 0 unspecified atom stereocenters. The van der Waals surface area contributed by atoms with Gasteiger partial charge in [0.2, 0.25) is 0 Å². The highest BCUT2D eigenvalue weighted by Crippen LogP contribution is 2.05. The molecule has 1 saturated heterocycles. The molecule has 1 rings (SSSR count). The van der Waals surface area contributed by atoms with E-state index in [2.05, 4.69) is 10.2 Å². The van der Waals surface area contributed by atoms with Gasteiger partial charge in [-0.3, -0.25) is 4.90 Å². The number of rotatable bonds is 3. The van der Waals surface area contributed by atoms with Crippen LogP contribution in [0.5, 0.6) is 0 Å². The molecule has 5 nitrogen and oxygen atoms in total. The molecule has 0 saturated carbocycles. The highest BCUT2D eigenvalue weighted by molar-refractivity contribution is 5.75. The fourth-order valence-electron chi connectivity index (χ4n) is 1.89. The van der Waals surface area contributed by atoms with Crippen molar-refractivity contribution < 1.29 is 4.79 Å². The number of amides is 2. The number of piperazine rings is 1. The largest absolute Gasteiger partial charge is 0.333 e. The summed E-state index contributed by atoms with van der Waals surface area (Å²) in [6.45, 7) is 11.3. The molecular weight excluding hydrogens is 216 g/mol. The van der Waals surface area contributed by atoms with Crippen molar-refractivity contribution in [3.8, 4) is 0 Å². The van der Waals surface area contributed by atoms with Gasteiger partial charge in [0.15, 0.2) is 0 Å². The minimum absolute atomic E-state index is 0.0518. The normalized spacial score (nSPS) is 18.2. The molecule has 1 aliphatic heterocycles. The minimum atomic E-state index is -0.159. The average Bonchev–Trinajstić information content (AvgIpc) is 2.24. The monoisotopic (exact) mass is 242 g/mol. The molecule has 0 aliphatic carbocycles. The van der Waals surface area contributed by atoms with Gasteiger partial charge >= 0.3 is 6.03 Å². The summed E-state index contributed by atoms with van der Waals surface area (Å²) in [6.07, 6.45) is 1.04. The molecule has 1 aliphatic rings. The second-order valence-corrected chi connectivity index (χ2v) is 5.65. The van der Waals surface area contributed by atoms with Crippen molar-refractivity contribution in [1.82, 2.24) is 15.1 Å². The molecule has 0 aromatic carbocycles. The van der Waals surface area contributed by atoms with Crippen molar-refractivity contribution in [2.45, 2.75) is 32.7 Å². The van der Waals surface area contributed by atoms with Gasteiger partial charge in [-0.05, 0) is 40.3 Å². The summed E-state index contributed by atoms with van der Waals surface area (Å²) in [4.78, 5) is 16.2. The first-order chi connectivity index (χ1) is 7.92. The molecule has 0 atom stereocenters. The smallest absolute Gasteiger partial charge is 0.317 e. The van der Waals surface area contributed by atoms with E-state index >= 15 is 0 Å². The van der Waals surface area contributed by atoms with Gasteiger partial charge in [-0.1, -0.05) is 0 Å². The minimum Gasteiger partial charge on any atom is -0.333 e. The van der Waals surface area contributed by atoms with Crippen LogP contribution >= 0.6 is 0 Å². The van der Waals surface area contributed by atoms with E-state index in [4.69, 9.17) is 5.73 Å². The van der Waals surface area contributed by atoms with Crippen LogP contribution in [0.3, 0.4) is 0 Å². The van der Waals surface area contributed by atoms with Crippen molar-refractivity contribution in [1.29, 1.82) is 0 Å². The van der Waals surface area contributed by atoms with E-state index in [0.717, 1.165) is 45.7 Å². The maximum Gasteiger partial charge on any atom is 0.317 e. The molecule has 0 aromatic rings. The Bertz CT molecular complexity index is 241. The first-order valence-corrected chi connectivity index (χ1v) is 6.42. The molecular formula is C12H26N4O. The molecule has 100 valence electrons. The van der Waals surface area contributed by atoms with Crippen LogP contribution in [-0.2, 0) is 0 Å². The first-order valence-electron chi connectivity index (χ1n) is 6.42. The molecule has 5 heteroatoms. The first kappa shape index (κ1) is 14.3. The summed E-state index contributed by atoms with van der Waals surface area (Å²) in [5, 5.41) is 3.00. The van der Waals surface area contributed by atoms with Gasteiger partial charge in [-0.25, -0.2) is 4.79 Å². The molecule has 0 bridgehead atoms. The van der Waals surface area contributed by atoms with Crippen molar-refractivity contribution >= 4 is 6.03 Å². The number of nitrogens with one attached hydrogen (secondary N) is 1. The summed E-state index contributed by atoms with van der Waals surface area (Å²) in [6, 6.07) is 0.0518. The van der Waals surface area contributed by atoms with Gasteiger partial charge < -0.3 is 16.0 Å². The standard InChI is InChI=1S/C12H26N4O/c1-12(2,3)14-11(17)16-9-7-15(8-10-16)6-4-5-13/h4-10,13H2,1-3H3,(H,14,17). The molecule has 0 radical (unpaired) electrons. The molecule has 17 heavy (non-hydrogen) atoms. The fourth-order valence-corrected chi connectivity index (χ4v) is 1.89. The van der Waals surface area contributed by atoms with E-state index in [1.165, 1.54) is 0 Å². The summed E-state index contributed by atoms with van der Waals surface area (Å²) in [7, 11) is 0. The summed E-state index contributed by atoms with van der Waals surface area (Å²) in [5.74, 6) is 0. The van der Waals surface area contributed by atoms with E-state index in [-0.39, 0.29) is 11.6 Å². The van der Waals surface area contributed by atoms with E-state index in [1.54, 1.807) is 0 Å². The maximum atomic E-state index is 11.9. The van der Waals surface area contributed by atoms with Gasteiger partial charge in [-0.15, -0.1) is 0 Å². The number of carbonyl (C=O) groups excluding carboxylic acids is 1. The zero-order chi connectivity index (χ0) is 12.9. The SMILES string of the molecule is CC(C)(C)NC(=O)N1CCN(CCCN)CC1. The van der Waals surface area contributed by atoms with E-state index in [0.29, 0.717) is 0 Å². The highest BCUT2D eigenvalue weighted by atomic mass is 16.2. The van der Waals surface area contributed by atoms with Crippen LogP contribution in [0.1, 0.15) is 27.2 Å². The Hall–Kier alpha value is -0.810. The van der Waals surface area contributed by atoms with Crippen LogP contribution in [0.4, 0.5) is 4.79 Å². The third kappa shape index (κ3) is 5.37. The third-order valence-corrected chi connectivity index (χ3v) is 2.82. The van der Waals surface area contributed by atoms with Crippen LogP contribution in [0.25, 0.3) is 0 Å². The van der Waals surface area contributed by atoms with Crippen LogP contribution in [-0.4, -0.2) is 60.6 Å². The number of hydrogen-bond donors (Lipinski definition) is 2. The van der Waals surface area contributed by atoms with Gasteiger partial charge in [0, 0.05) is 31.7 Å². The lowest BCUT2D eigenvalue weighted by Crippen LogP contribution is -2.55. The van der Waals surface area contributed by atoms with Crippen molar-refractivity contribution in [3.63, 3.8) is 0 Å². The molecule has 0 spiro atoms. The molecule has 2 amide bonds. The Kier molecular flexibility index (Phi) is 5.21. The lowest BCUT2D eigenvalue weighted by molar-refractivity contribution is 0.134. The quantitative estimate of drug-likeness (QED) is 0.756. The van der Waals surface area contributed by atoms with E-state index in [1.807, 2.05) is 25.7 Å². The summed E-state index contributed by atoms with van der Waals surface area (Å²) < 4.78 is 0. The number of nitrogens with zero attached hydrogens (tertiary/aromatic N) is 2. The topological polar surface area (TPSA) is 61.6 Å². The van der Waals surface area contributed by atoms with E-state index < -0.39 is 0 Å². The van der Waals surface area contributed by atoms with Gasteiger partial charge in [-0.2, -0.15) is 0 Å². The maximum absolute atomic E-state index is 11.9. The third-order valence-electron chi connectivity index (χ3n) is 2.82. The lowest BCUT2D eigenvalue weighted by atomic mass is 10.1. The average molecular weight is 242 g/mol. The Morgan fingerprint density at radius 1 is 1.24 bits per heavy atom. The number of hydrogen-bond acceptors (Lipinski definition) is 3. The Labute approximate surface area is 104 Å². The van der Waals surface area contributed by atoms with Crippen molar-refractivity contribution in [2.75, 3.05) is 39.3 Å². The van der Waals surface area contributed by atoms with Crippen molar-refractivity contribution in [2.24, 2.45) is 5.73 Å². The molecule has 1 fully saturated rings. The summed E-state index contributed by atoms with van der Waals surface area (Å²) >= 11 is 0. The Morgan fingerprint density at radius 2 is 1.82 bits per heavy atom. The fraction of sp³-hybridized carbons (Fsp3) is 0.917. The second-order valence-electron chi connectivity index (χ2n) is 5.65. The zero-order valence-electron chi connectivity index (χ0n) is 11.3. The Balaban J connectivity index is 2.29. The van der Waals surface area contributed by atoms with Crippen LogP contribution < -0.4 is 11.1 Å². The van der Waals surface area contributed by atoms with Gasteiger partial charge in [0.25, 0.3) is 0 Å². The number of nitrogens with two attached hydrogens (primary N) is 1. The highest BCUT2D eigenvalue weighted by Gasteiger charge is 2.23. The van der Waals surface area contributed by atoms with E-state index in [9.17, 15) is 4.79 Å². The van der Waals surface area contributed by atoms with Gasteiger partial charge in [0.05, 0.1) is 0 Å². The summed E-state index contributed by atoms with van der Waals surface area (Å²) in [5.41, 5.74) is 5.33.